The number of hydrogen-bond donors (Lipinski definition) is 1. The Balaban J connectivity index is 2.24. The fourth-order valence-corrected chi connectivity index (χ4v) is 3.02. The van der Waals surface area contributed by atoms with Gasteiger partial charge in [-0.3, -0.25) is 4.79 Å². The first-order valence-corrected chi connectivity index (χ1v) is 6.64. The molecule has 1 aliphatic heterocycles. The van der Waals surface area contributed by atoms with E-state index in [9.17, 15) is 4.79 Å². The van der Waals surface area contributed by atoms with E-state index in [1.807, 2.05) is 24.3 Å². The molecule has 1 aromatic rings. The summed E-state index contributed by atoms with van der Waals surface area (Å²) in [5, 5.41) is 3.25. The smallest absolute Gasteiger partial charge is 0.140 e. The van der Waals surface area contributed by atoms with Crippen LogP contribution in [0.2, 0.25) is 0 Å². The van der Waals surface area contributed by atoms with Gasteiger partial charge in [0.1, 0.15) is 5.78 Å². The molecule has 1 aliphatic rings. The van der Waals surface area contributed by atoms with E-state index in [0.717, 1.165) is 26.8 Å². The minimum atomic E-state index is 0.305. The SMILES string of the molecule is O=C1CCNC(=Cc2cc(Br)cc(Br)c2)C1. The predicted octanol–water partition coefficient (Wildman–Crippen LogP) is 3.51. The van der Waals surface area contributed by atoms with Gasteiger partial charge in [-0.2, -0.15) is 0 Å². The molecule has 1 fully saturated rings. The molecular formula is C12H11Br2NO. The molecule has 0 amide bonds. The van der Waals surface area contributed by atoms with Crippen LogP contribution in [0, 0.1) is 0 Å². The summed E-state index contributed by atoms with van der Waals surface area (Å²) in [6, 6.07) is 6.04. The predicted molar refractivity (Wildman–Crippen MR) is 72.1 cm³/mol. The number of hydrogen-bond acceptors (Lipinski definition) is 2. The highest BCUT2D eigenvalue weighted by atomic mass is 79.9. The maximum absolute atomic E-state index is 11.3. The molecule has 0 aromatic heterocycles. The van der Waals surface area contributed by atoms with Crippen LogP contribution in [0.1, 0.15) is 18.4 Å². The monoisotopic (exact) mass is 343 g/mol. The van der Waals surface area contributed by atoms with Gasteiger partial charge in [0.05, 0.1) is 0 Å². The van der Waals surface area contributed by atoms with Gasteiger partial charge in [-0.05, 0) is 29.8 Å². The summed E-state index contributed by atoms with van der Waals surface area (Å²) in [6.45, 7) is 0.750. The minimum Gasteiger partial charge on any atom is -0.388 e. The third kappa shape index (κ3) is 3.19. The highest BCUT2D eigenvalue weighted by Crippen LogP contribution is 2.22. The lowest BCUT2D eigenvalue weighted by molar-refractivity contribution is -0.119. The van der Waals surface area contributed by atoms with Crippen LogP contribution >= 0.6 is 31.9 Å². The lowest BCUT2D eigenvalue weighted by Crippen LogP contribution is -2.25. The van der Waals surface area contributed by atoms with Crippen molar-refractivity contribution in [2.75, 3.05) is 6.54 Å². The first kappa shape index (κ1) is 11.9. The molecule has 2 rings (SSSR count). The Kier molecular flexibility index (Phi) is 3.82. The largest absolute Gasteiger partial charge is 0.388 e. The second kappa shape index (κ2) is 5.15. The highest BCUT2D eigenvalue weighted by molar-refractivity contribution is 9.11. The second-order valence-electron chi connectivity index (χ2n) is 3.76. The Morgan fingerprint density at radius 1 is 1.19 bits per heavy atom. The Morgan fingerprint density at radius 2 is 1.88 bits per heavy atom. The van der Waals surface area contributed by atoms with Crippen molar-refractivity contribution >= 4 is 43.7 Å². The van der Waals surface area contributed by atoms with E-state index in [0.29, 0.717) is 18.6 Å². The zero-order valence-electron chi connectivity index (χ0n) is 8.59. The number of halogens is 2. The van der Waals surface area contributed by atoms with Gasteiger partial charge in [0, 0.05) is 34.0 Å². The first-order valence-electron chi connectivity index (χ1n) is 5.06. The van der Waals surface area contributed by atoms with Crippen molar-refractivity contribution in [1.82, 2.24) is 5.32 Å². The van der Waals surface area contributed by atoms with Crippen molar-refractivity contribution in [2.24, 2.45) is 0 Å². The van der Waals surface area contributed by atoms with Crippen LogP contribution in [-0.2, 0) is 4.79 Å². The minimum absolute atomic E-state index is 0.305. The molecule has 0 unspecified atom stereocenters. The molecule has 0 atom stereocenters. The maximum Gasteiger partial charge on any atom is 0.140 e. The Bertz CT molecular complexity index is 434. The van der Waals surface area contributed by atoms with Gasteiger partial charge in [0.25, 0.3) is 0 Å². The highest BCUT2D eigenvalue weighted by Gasteiger charge is 2.11. The van der Waals surface area contributed by atoms with E-state index in [1.54, 1.807) is 0 Å². The lowest BCUT2D eigenvalue weighted by Gasteiger charge is -2.15. The molecule has 1 N–H and O–H groups in total. The Labute approximate surface area is 111 Å². The Hall–Kier alpha value is -0.610. The normalized spacial score (nSPS) is 18.6. The topological polar surface area (TPSA) is 29.1 Å². The third-order valence-electron chi connectivity index (χ3n) is 2.37. The average molecular weight is 345 g/mol. The number of rotatable bonds is 1. The fourth-order valence-electron chi connectivity index (χ4n) is 1.69. The van der Waals surface area contributed by atoms with Crippen LogP contribution in [0.3, 0.4) is 0 Å². The molecule has 0 bridgehead atoms. The molecule has 4 heteroatoms. The molecule has 1 heterocycles. The molecular weight excluding hydrogens is 334 g/mol. The number of allylic oxidation sites excluding steroid dienone is 1. The van der Waals surface area contributed by atoms with Gasteiger partial charge < -0.3 is 5.32 Å². The molecule has 0 aliphatic carbocycles. The van der Waals surface area contributed by atoms with Crippen molar-refractivity contribution in [1.29, 1.82) is 0 Å². The summed E-state index contributed by atoms with van der Waals surface area (Å²) >= 11 is 6.89. The van der Waals surface area contributed by atoms with Crippen LogP contribution in [-0.4, -0.2) is 12.3 Å². The summed E-state index contributed by atoms with van der Waals surface area (Å²) in [4.78, 5) is 11.3. The standard InChI is InChI=1S/C12H11Br2NO/c13-9-3-8(4-10(14)6-9)5-11-7-12(16)1-2-15-11/h3-6,15H,1-2,7H2. The lowest BCUT2D eigenvalue weighted by atomic mass is 10.1. The van der Waals surface area contributed by atoms with Crippen LogP contribution < -0.4 is 5.32 Å². The molecule has 0 radical (unpaired) electrons. The van der Waals surface area contributed by atoms with Crippen molar-refractivity contribution in [3.8, 4) is 0 Å². The summed E-state index contributed by atoms with van der Waals surface area (Å²) in [5.74, 6) is 0.305. The quantitative estimate of drug-likeness (QED) is 0.844. The number of ketones is 1. The molecule has 0 spiro atoms. The average Bonchev–Trinajstić information content (AvgIpc) is 2.15. The molecule has 16 heavy (non-hydrogen) atoms. The van der Waals surface area contributed by atoms with E-state index in [2.05, 4.69) is 37.2 Å². The fraction of sp³-hybridized carbons (Fsp3) is 0.250. The van der Waals surface area contributed by atoms with E-state index in [4.69, 9.17) is 0 Å². The first-order chi connectivity index (χ1) is 7.63. The Morgan fingerprint density at radius 3 is 2.50 bits per heavy atom. The number of Topliss-reactive ketones (excluding diaryl/α,β-unsaturated/α-hetero) is 1. The van der Waals surface area contributed by atoms with E-state index >= 15 is 0 Å². The van der Waals surface area contributed by atoms with Crippen LogP contribution in [0.25, 0.3) is 6.08 Å². The molecule has 84 valence electrons. The van der Waals surface area contributed by atoms with Crippen LogP contribution in [0.15, 0.2) is 32.8 Å². The number of nitrogens with one attached hydrogen (secondary N) is 1. The number of benzene rings is 1. The number of piperidine rings is 1. The van der Waals surface area contributed by atoms with Gasteiger partial charge in [0.2, 0.25) is 0 Å². The molecule has 1 aromatic carbocycles. The van der Waals surface area contributed by atoms with E-state index < -0.39 is 0 Å². The summed E-state index contributed by atoms with van der Waals surface area (Å²) in [6.07, 6.45) is 3.18. The number of carbonyl (C=O) groups excluding carboxylic acids is 1. The molecule has 2 nitrogen and oxygen atoms in total. The second-order valence-corrected chi connectivity index (χ2v) is 5.60. The zero-order chi connectivity index (χ0) is 11.5. The van der Waals surface area contributed by atoms with Crippen molar-refractivity contribution in [2.45, 2.75) is 12.8 Å². The van der Waals surface area contributed by atoms with Gasteiger partial charge >= 0.3 is 0 Å². The summed E-state index contributed by atoms with van der Waals surface area (Å²) in [7, 11) is 0. The van der Waals surface area contributed by atoms with Gasteiger partial charge in [-0.15, -0.1) is 0 Å². The molecule has 1 saturated heterocycles. The van der Waals surface area contributed by atoms with Crippen molar-refractivity contribution < 1.29 is 4.79 Å². The van der Waals surface area contributed by atoms with Gasteiger partial charge in [-0.25, -0.2) is 0 Å². The molecule has 0 saturated carbocycles. The summed E-state index contributed by atoms with van der Waals surface area (Å²) < 4.78 is 2.05. The van der Waals surface area contributed by atoms with Gasteiger partial charge in [0.15, 0.2) is 0 Å². The van der Waals surface area contributed by atoms with E-state index in [1.165, 1.54) is 0 Å². The zero-order valence-corrected chi connectivity index (χ0v) is 11.8. The summed E-state index contributed by atoms with van der Waals surface area (Å²) in [5.41, 5.74) is 2.08. The van der Waals surface area contributed by atoms with E-state index in [-0.39, 0.29) is 0 Å². The number of carbonyl (C=O) groups is 1. The van der Waals surface area contributed by atoms with Crippen LogP contribution in [0.5, 0.6) is 0 Å². The third-order valence-corrected chi connectivity index (χ3v) is 3.28. The van der Waals surface area contributed by atoms with Crippen molar-refractivity contribution in [3.63, 3.8) is 0 Å². The van der Waals surface area contributed by atoms with Crippen LogP contribution in [0.4, 0.5) is 0 Å². The maximum atomic E-state index is 11.3. The van der Waals surface area contributed by atoms with Crippen molar-refractivity contribution in [3.05, 3.63) is 38.4 Å². The van der Waals surface area contributed by atoms with Gasteiger partial charge in [-0.1, -0.05) is 31.9 Å².